The molecule has 0 heterocycles. The van der Waals surface area contributed by atoms with Crippen LogP contribution in [0.15, 0.2) is 24.3 Å². The van der Waals surface area contributed by atoms with Gasteiger partial charge in [0.25, 0.3) is 0 Å². The maximum atomic E-state index is 11.9. The van der Waals surface area contributed by atoms with Crippen LogP contribution in [0.4, 0.5) is 0 Å². The predicted molar refractivity (Wildman–Crippen MR) is 86.1 cm³/mol. The molecule has 1 rings (SSSR count). The molecular formula is C18H26O4. The summed E-state index contributed by atoms with van der Waals surface area (Å²) in [7, 11) is 0. The van der Waals surface area contributed by atoms with Crippen molar-refractivity contribution in [1.82, 2.24) is 0 Å². The van der Waals surface area contributed by atoms with Crippen molar-refractivity contribution in [3.8, 4) is 0 Å². The van der Waals surface area contributed by atoms with Gasteiger partial charge in [-0.2, -0.15) is 0 Å². The molecule has 4 nitrogen and oxygen atoms in total. The number of hydrogen-bond acceptors (Lipinski definition) is 4. The van der Waals surface area contributed by atoms with Gasteiger partial charge in [0.15, 0.2) is 0 Å². The van der Waals surface area contributed by atoms with Crippen LogP contribution in [0.1, 0.15) is 73.1 Å². The van der Waals surface area contributed by atoms with Crippen LogP contribution < -0.4 is 0 Å². The largest absolute Gasteiger partial charge is 0.462 e. The van der Waals surface area contributed by atoms with Crippen LogP contribution in [0.25, 0.3) is 0 Å². The molecule has 0 aromatic heterocycles. The number of carbonyl (C=O) groups is 2. The lowest BCUT2D eigenvalue weighted by Gasteiger charge is -2.07. The zero-order valence-electron chi connectivity index (χ0n) is 13.6. The molecule has 0 aliphatic rings. The van der Waals surface area contributed by atoms with Gasteiger partial charge in [0.1, 0.15) is 0 Å². The van der Waals surface area contributed by atoms with Crippen molar-refractivity contribution in [2.75, 3.05) is 13.2 Å². The van der Waals surface area contributed by atoms with Crippen LogP contribution in [-0.2, 0) is 9.47 Å². The first kappa shape index (κ1) is 18.2. The first-order valence-corrected chi connectivity index (χ1v) is 8.13. The Morgan fingerprint density at radius 3 is 1.91 bits per heavy atom. The van der Waals surface area contributed by atoms with Crippen LogP contribution in [0.5, 0.6) is 0 Å². The number of carbonyl (C=O) groups excluding carboxylic acids is 2. The lowest BCUT2D eigenvalue weighted by molar-refractivity contribution is 0.0497. The van der Waals surface area contributed by atoms with E-state index in [-0.39, 0.29) is 5.97 Å². The van der Waals surface area contributed by atoms with Gasteiger partial charge >= 0.3 is 11.9 Å². The minimum Gasteiger partial charge on any atom is -0.462 e. The Hall–Kier alpha value is -1.84. The predicted octanol–water partition coefficient (Wildman–Crippen LogP) is 4.38. The Labute approximate surface area is 132 Å². The number of ether oxygens (including phenoxy) is 2. The van der Waals surface area contributed by atoms with E-state index in [9.17, 15) is 9.59 Å². The normalized spacial score (nSPS) is 10.3. The average molecular weight is 306 g/mol. The van der Waals surface area contributed by atoms with E-state index in [1.54, 1.807) is 18.2 Å². The number of esters is 2. The Morgan fingerprint density at radius 2 is 1.36 bits per heavy atom. The first-order chi connectivity index (χ1) is 10.7. The molecule has 0 spiro atoms. The zero-order chi connectivity index (χ0) is 16.2. The van der Waals surface area contributed by atoms with Gasteiger partial charge in [0.05, 0.1) is 24.3 Å². The van der Waals surface area contributed by atoms with E-state index < -0.39 is 5.97 Å². The molecule has 0 unspecified atom stereocenters. The second kappa shape index (κ2) is 10.8. The topological polar surface area (TPSA) is 52.6 Å². The molecular weight excluding hydrogens is 280 g/mol. The van der Waals surface area contributed by atoms with Crippen LogP contribution in [-0.4, -0.2) is 25.2 Å². The first-order valence-electron chi connectivity index (χ1n) is 8.13. The standard InChI is InChI=1S/C18H26O4/c1-3-5-7-8-13-22-18(20)16-11-9-10-15(14-16)17(19)21-12-6-4-2/h9-11,14H,3-8,12-13H2,1-2H3. The highest BCUT2D eigenvalue weighted by Gasteiger charge is 2.12. The minimum absolute atomic E-state index is 0.386. The fourth-order valence-corrected chi connectivity index (χ4v) is 1.94. The van der Waals surface area contributed by atoms with Gasteiger partial charge in [-0.05, 0) is 31.0 Å². The summed E-state index contributed by atoms with van der Waals surface area (Å²) in [4.78, 5) is 23.8. The van der Waals surface area contributed by atoms with Gasteiger partial charge in [0.2, 0.25) is 0 Å². The van der Waals surface area contributed by atoms with Crippen LogP contribution in [0.3, 0.4) is 0 Å². The van der Waals surface area contributed by atoms with Crippen molar-refractivity contribution in [2.24, 2.45) is 0 Å². The number of benzene rings is 1. The Morgan fingerprint density at radius 1 is 0.818 bits per heavy atom. The average Bonchev–Trinajstić information content (AvgIpc) is 2.54. The van der Waals surface area contributed by atoms with Crippen molar-refractivity contribution in [3.05, 3.63) is 35.4 Å². The zero-order valence-corrected chi connectivity index (χ0v) is 13.6. The minimum atomic E-state index is -0.397. The van der Waals surface area contributed by atoms with Crippen molar-refractivity contribution >= 4 is 11.9 Å². The fourth-order valence-electron chi connectivity index (χ4n) is 1.94. The van der Waals surface area contributed by atoms with E-state index >= 15 is 0 Å². The lowest BCUT2D eigenvalue weighted by Crippen LogP contribution is -2.10. The fraction of sp³-hybridized carbons (Fsp3) is 0.556. The SMILES string of the molecule is CCCCCCOC(=O)c1cccc(C(=O)OCCCC)c1. The van der Waals surface area contributed by atoms with E-state index in [0.717, 1.165) is 38.5 Å². The molecule has 0 fully saturated rings. The van der Waals surface area contributed by atoms with Crippen LogP contribution in [0, 0.1) is 0 Å². The van der Waals surface area contributed by atoms with Crippen molar-refractivity contribution in [1.29, 1.82) is 0 Å². The molecule has 0 saturated heterocycles. The maximum absolute atomic E-state index is 11.9. The summed E-state index contributed by atoms with van der Waals surface area (Å²) >= 11 is 0. The number of hydrogen-bond donors (Lipinski definition) is 0. The molecule has 4 heteroatoms. The third-order valence-corrected chi connectivity index (χ3v) is 3.30. The maximum Gasteiger partial charge on any atom is 0.338 e. The summed E-state index contributed by atoms with van der Waals surface area (Å²) < 4.78 is 10.4. The van der Waals surface area contributed by atoms with Gasteiger partial charge in [-0.1, -0.05) is 45.6 Å². The second-order valence-corrected chi connectivity index (χ2v) is 5.27. The van der Waals surface area contributed by atoms with Crippen LogP contribution >= 0.6 is 0 Å². The third kappa shape index (κ3) is 6.74. The third-order valence-electron chi connectivity index (χ3n) is 3.30. The number of unbranched alkanes of at least 4 members (excludes halogenated alkanes) is 4. The molecule has 0 N–H and O–H groups in total. The molecule has 0 bridgehead atoms. The molecule has 0 atom stereocenters. The van der Waals surface area contributed by atoms with E-state index in [1.807, 2.05) is 6.92 Å². The van der Waals surface area contributed by atoms with Gasteiger partial charge in [-0.3, -0.25) is 0 Å². The van der Waals surface area contributed by atoms with E-state index in [2.05, 4.69) is 6.92 Å². The van der Waals surface area contributed by atoms with E-state index in [4.69, 9.17) is 9.47 Å². The number of rotatable bonds is 10. The monoisotopic (exact) mass is 306 g/mol. The van der Waals surface area contributed by atoms with Crippen LogP contribution in [0.2, 0.25) is 0 Å². The highest BCUT2D eigenvalue weighted by Crippen LogP contribution is 2.09. The molecule has 122 valence electrons. The highest BCUT2D eigenvalue weighted by atomic mass is 16.5. The van der Waals surface area contributed by atoms with Crippen molar-refractivity contribution in [3.63, 3.8) is 0 Å². The van der Waals surface area contributed by atoms with Gasteiger partial charge in [-0.15, -0.1) is 0 Å². The highest BCUT2D eigenvalue weighted by molar-refractivity contribution is 5.95. The Bertz CT molecular complexity index is 468. The summed E-state index contributed by atoms with van der Waals surface area (Å²) in [6.45, 7) is 4.99. The van der Waals surface area contributed by atoms with Crippen molar-refractivity contribution in [2.45, 2.75) is 52.4 Å². The van der Waals surface area contributed by atoms with Gasteiger partial charge in [0, 0.05) is 0 Å². The quantitative estimate of drug-likeness (QED) is 0.475. The Balaban J connectivity index is 2.48. The molecule has 1 aromatic rings. The van der Waals surface area contributed by atoms with E-state index in [0.29, 0.717) is 24.3 Å². The smallest absolute Gasteiger partial charge is 0.338 e. The lowest BCUT2D eigenvalue weighted by atomic mass is 10.1. The molecule has 0 saturated carbocycles. The Kier molecular flexibility index (Phi) is 8.96. The van der Waals surface area contributed by atoms with E-state index in [1.165, 1.54) is 6.07 Å². The molecule has 0 radical (unpaired) electrons. The van der Waals surface area contributed by atoms with Crippen molar-refractivity contribution < 1.29 is 19.1 Å². The molecule has 0 amide bonds. The van der Waals surface area contributed by atoms with Gasteiger partial charge in [-0.25, -0.2) is 9.59 Å². The molecule has 1 aromatic carbocycles. The second-order valence-electron chi connectivity index (χ2n) is 5.27. The molecule has 0 aliphatic carbocycles. The summed E-state index contributed by atoms with van der Waals surface area (Å²) in [6, 6.07) is 6.50. The molecule has 0 aliphatic heterocycles. The molecule has 22 heavy (non-hydrogen) atoms. The summed E-state index contributed by atoms with van der Waals surface area (Å²) in [5.41, 5.74) is 0.775. The van der Waals surface area contributed by atoms with Gasteiger partial charge < -0.3 is 9.47 Å². The summed E-state index contributed by atoms with van der Waals surface area (Å²) in [6.07, 6.45) is 6.04. The summed E-state index contributed by atoms with van der Waals surface area (Å²) in [5, 5.41) is 0. The summed E-state index contributed by atoms with van der Waals surface area (Å²) in [5.74, 6) is -0.786.